The number of anilines is 1. The predicted octanol–water partition coefficient (Wildman–Crippen LogP) is 2.38. The normalized spacial score (nSPS) is 17.6. The SMILES string of the molecule is Cc1cc(C)n(C[C@@H](C)CNC(=O)[C@@H]2CC(=O)Nc3ccccc32)n1. The Morgan fingerprint density at radius 2 is 2.16 bits per heavy atom. The van der Waals surface area contributed by atoms with Crippen LogP contribution in [0.5, 0.6) is 0 Å². The topological polar surface area (TPSA) is 76.0 Å². The molecule has 132 valence electrons. The van der Waals surface area contributed by atoms with Gasteiger partial charge in [-0.2, -0.15) is 5.10 Å². The summed E-state index contributed by atoms with van der Waals surface area (Å²) in [6.07, 6.45) is 0.189. The lowest BCUT2D eigenvalue weighted by atomic mass is 9.89. The zero-order valence-electron chi connectivity index (χ0n) is 14.9. The number of nitrogens with zero attached hydrogens (tertiary/aromatic N) is 2. The van der Waals surface area contributed by atoms with E-state index in [0.717, 1.165) is 29.2 Å². The molecule has 1 aromatic heterocycles. The van der Waals surface area contributed by atoms with E-state index in [1.165, 1.54) is 0 Å². The number of carbonyl (C=O) groups excluding carboxylic acids is 2. The maximum absolute atomic E-state index is 12.6. The van der Waals surface area contributed by atoms with Gasteiger partial charge in [-0.05, 0) is 37.5 Å². The van der Waals surface area contributed by atoms with Gasteiger partial charge in [0.1, 0.15) is 0 Å². The van der Waals surface area contributed by atoms with Crippen molar-refractivity contribution in [3.8, 4) is 0 Å². The molecular formula is C19H24N4O2. The molecule has 2 aromatic rings. The summed E-state index contributed by atoms with van der Waals surface area (Å²) >= 11 is 0. The van der Waals surface area contributed by atoms with Gasteiger partial charge in [-0.1, -0.05) is 25.1 Å². The van der Waals surface area contributed by atoms with Crippen LogP contribution in [0.4, 0.5) is 5.69 Å². The fourth-order valence-electron chi connectivity index (χ4n) is 3.26. The van der Waals surface area contributed by atoms with Crippen LogP contribution in [0, 0.1) is 19.8 Å². The van der Waals surface area contributed by atoms with E-state index < -0.39 is 5.92 Å². The molecule has 0 saturated heterocycles. The molecule has 2 amide bonds. The molecule has 2 N–H and O–H groups in total. The molecule has 1 aliphatic rings. The monoisotopic (exact) mass is 340 g/mol. The van der Waals surface area contributed by atoms with Gasteiger partial charge in [-0.25, -0.2) is 0 Å². The zero-order chi connectivity index (χ0) is 18.0. The molecule has 0 aliphatic carbocycles. The predicted molar refractivity (Wildman–Crippen MR) is 96.3 cm³/mol. The molecule has 3 rings (SSSR count). The first kappa shape index (κ1) is 17.2. The number of para-hydroxylation sites is 1. The Morgan fingerprint density at radius 3 is 2.88 bits per heavy atom. The van der Waals surface area contributed by atoms with Crippen molar-refractivity contribution in [1.29, 1.82) is 0 Å². The molecule has 6 nitrogen and oxygen atoms in total. The summed E-state index contributed by atoms with van der Waals surface area (Å²) in [6, 6.07) is 9.53. The van der Waals surface area contributed by atoms with Crippen LogP contribution in [0.1, 0.15) is 36.2 Å². The Kier molecular flexibility index (Phi) is 4.88. The van der Waals surface area contributed by atoms with E-state index in [-0.39, 0.29) is 24.2 Å². The summed E-state index contributed by atoms with van der Waals surface area (Å²) in [7, 11) is 0. The number of fused-ring (bicyclic) bond motifs is 1. The second-order valence-corrected chi connectivity index (χ2v) is 6.85. The minimum atomic E-state index is -0.425. The van der Waals surface area contributed by atoms with Crippen LogP contribution in [0.2, 0.25) is 0 Å². The van der Waals surface area contributed by atoms with Gasteiger partial charge in [-0.15, -0.1) is 0 Å². The molecule has 0 unspecified atom stereocenters. The lowest BCUT2D eigenvalue weighted by Gasteiger charge is -2.25. The lowest BCUT2D eigenvalue weighted by molar-refractivity contribution is -0.126. The molecule has 0 radical (unpaired) electrons. The Morgan fingerprint density at radius 1 is 1.40 bits per heavy atom. The fourth-order valence-corrected chi connectivity index (χ4v) is 3.26. The Bertz CT molecular complexity index is 796. The van der Waals surface area contributed by atoms with Crippen LogP contribution >= 0.6 is 0 Å². The molecule has 0 spiro atoms. The first-order valence-electron chi connectivity index (χ1n) is 8.61. The Balaban J connectivity index is 1.61. The summed E-state index contributed by atoms with van der Waals surface area (Å²) in [6.45, 7) is 7.39. The molecule has 0 saturated carbocycles. The van der Waals surface area contributed by atoms with Gasteiger partial charge in [0.2, 0.25) is 11.8 Å². The highest BCUT2D eigenvalue weighted by Gasteiger charge is 2.30. The minimum Gasteiger partial charge on any atom is -0.355 e. The van der Waals surface area contributed by atoms with Crippen molar-refractivity contribution >= 4 is 17.5 Å². The highest BCUT2D eigenvalue weighted by atomic mass is 16.2. The second-order valence-electron chi connectivity index (χ2n) is 6.85. The number of aryl methyl sites for hydroxylation is 2. The quantitative estimate of drug-likeness (QED) is 0.877. The van der Waals surface area contributed by atoms with Gasteiger partial charge >= 0.3 is 0 Å². The fraction of sp³-hybridized carbons (Fsp3) is 0.421. The van der Waals surface area contributed by atoms with Gasteiger partial charge in [0.15, 0.2) is 0 Å². The van der Waals surface area contributed by atoms with Gasteiger partial charge in [0, 0.05) is 30.9 Å². The van der Waals surface area contributed by atoms with Crippen molar-refractivity contribution in [2.24, 2.45) is 5.92 Å². The van der Waals surface area contributed by atoms with E-state index in [1.807, 2.05) is 48.9 Å². The number of amides is 2. The van der Waals surface area contributed by atoms with Crippen molar-refractivity contribution in [3.05, 3.63) is 47.3 Å². The standard InChI is InChI=1S/C19H24N4O2/c1-12(11-23-14(3)8-13(2)22-23)10-20-19(25)16-9-18(24)21-17-7-5-4-6-15(16)17/h4-8,12,16H,9-11H2,1-3H3,(H,20,25)(H,21,24)/t12-,16+/m0/s1. The van der Waals surface area contributed by atoms with Crippen molar-refractivity contribution in [3.63, 3.8) is 0 Å². The van der Waals surface area contributed by atoms with Crippen LogP contribution < -0.4 is 10.6 Å². The molecular weight excluding hydrogens is 316 g/mol. The van der Waals surface area contributed by atoms with E-state index in [2.05, 4.69) is 22.7 Å². The number of carbonyl (C=O) groups is 2. The molecule has 1 aromatic carbocycles. The molecule has 6 heteroatoms. The number of hydrogen-bond donors (Lipinski definition) is 2. The van der Waals surface area contributed by atoms with Crippen molar-refractivity contribution in [1.82, 2.24) is 15.1 Å². The average Bonchev–Trinajstić information content (AvgIpc) is 2.89. The van der Waals surface area contributed by atoms with E-state index in [0.29, 0.717) is 6.54 Å². The van der Waals surface area contributed by atoms with Crippen LogP contribution in [0.3, 0.4) is 0 Å². The summed E-state index contributed by atoms with van der Waals surface area (Å²) in [5, 5.41) is 10.3. The number of rotatable bonds is 5. The Hall–Kier alpha value is -2.63. The van der Waals surface area contributed by atoms with Crippen LogP contribution in [-0.4, -0.2) is 28.1 Å². The number of nitrogens with one attached hydrogen (secondary N) is 2. The molecule has 1 aliphatic heterocycles. The summed E-state index contributed by atoms with van der Waals surface area (Å²) in [5.41, 5.74) is 3.73. The van der Waals surface area contributed by atoms with Crippen molar-refractivity contribution in [2.75, 3.05) is 11.9 Å². The van der Waals surface area contributed by atoms with Gasteiger partial charge in [0.25, 0.3) is 0 Å². The Labute approximate surface area is 147 Å². The smallest absolute Gasteiger partial charge is 0.228 e. The van der Waals surface area contributed by atoms with E-state index in [1.54, 1.807) is 0 Å². The third kappa shape index (κ3) is 3.90. The van der Waals surface area contributed by atoms with E-state index >= 15 is 0 Å². The van der Waals surface area contributed by atoms with Crippen LogP contribution in [-0.2, 0) is 16.1 Å². The van der Waals surface area contributed by atoms with Crippen LogP contribution in [0.25, 0.3) is 0 Å². The highest BCUT2D eigenvalue weighted by Crippen LogP contribution is 2.31. The molecule has 0 fully saturated rings. The summed E-state index contributed by atoms with van der Waals surface area (Å²) < 4.78 is 1.97. The van der Waals surface area contributed by atoms with E-state index in [4.69, 9.17) is 0 Å². The first-order chi connectivity index (χ1) is 11.9. The first-order valence-corrected chi connectivity index (χ1v) is 8.61. The summed E-state index contributed by atoms with van der Waals surface area (Å²) in [5.74, 6) is -0.391. The van der Waals surface area contributed by atoms with Crippen molar-refractivity contribution < 1.29 is 9.59 Å². The second kappa shape index (κ2) is 7.09. The maximum Gasteiger partial charge on any atom is 0.228 e. The van der Waals surface area contributed by atoms with Gasteiger partial charge in [-0.3, -0.25) is 14.3 Å². The van der Waals surface area contributed by atoms with Gasteiger partial charge < -0.3 is 10.6 Å². The molecule has 0 bridgehead atoms. The third-order valence-electron chi connectivity index (χ3n) is 4.53. The van der Waals surface area contributed by atoms with Crippen molar-refractivity contribution in [2.45, 2.75) is 39.7 Å². The maximum atomic E-state index is 12.6. The average molecular weight is 340 g/mol. The minimum absolute atomic E-state index is 0.0949. The number of hydrogen-bond acceptors (Lipinski definition) is 3. The highest BCUT2D eigenvalue weighted by molar-refractivity contribution is 6.01. The van der Waals surface area contributed by atoms with Gasteiger partial charge in [0.05, 0.1) is 11.6 Å². The third-order valence-corrected chi connectivity index (χ3v) is 4.53. The zero-order valence-corrected chi connectivity index (χ0v) is 14.9. The molecule has 25 heavy (non-hydrogen) atoms. The summed E-state index contributed by atoms with van der Waals surface area (Å²) in [4.78, 5) is 24.5. The van der Waals surface area contributed by atoms with E-state index in [9.17, 15) is 9.59 Å². The largest absolute Gasteiger partial charge is 0.355 e. The number of benzene rings is 1. The molecule has 2 heterocycles. The lowest BCUT2D eigenvalue weighted by Crippen LogP contribution is -2.37. The van der Waals surface area contributed by atoms with Crippen LogP contribution in [0.15, 0.2) is 30.3 Å². The number of aromatic nitrogens is 2. The molecule has 2 atom stereocenters.